The molecule has 90 valence electrons. The number of benzene rings is 1. The second-order valence-corrected chi connectivity index (χ2v) is 9.82. The third-order valence-corrected chi connectivity index (χ3v) is 3.60. The first-order valence-electron chi connectivity index (χ1n) is 5.97. The molecule has 1 aliphatic carbocycles. The van der Waals surface area contributed by atoms with E-state index in [1.54, 1.807) is 6.26 Å². The molecule has 1 aromatic rings. The van der Waals surface area contributed by atoms with Gasteiger partial charge < -0.3 is 4.43 Å². The first kappa shape index (κ1) is 12.1. The average Bonchev–Trinajstić information content (AvgIpc) is 2.27. The van der Waals surface area contributed by atoms with Gasteiger partial charge in [0.05, 0.1) is 6.26 Å². The maximum atomic E-state index is 12.2. The Labute approximate surface area is 103 Å². The van der Waals surface area contributed by atoms with Gasteiger partial charge in [-0.15, -0.1) is 0 Å². The van der Waals surface area contributed by atoms with Gasteiger partial charge in [0.1, 0.15) is 0 Å². The minimum Gasteiger partial charge on any atom is -0.549 e. The zero-order chi connectivity index (χ0) is 12.5. The number of fused-ring (bicyclic) bond motifs is 1. The van der Waals surface area contributed by atoms with Crippen molar-refractivity contribution in [2.75, 3.05) is 0 Å². The average molecular weight is 246 g/mol. The van der Waals surface area contributed by atoms with E-state index < -0.39 is 8.32 Å². The molecule has 0 unspecified atom stereocenters. The largest absolute Gasteiger partial charge is 0.549 e. The molecule has 0 atom stereocenters. The van der Waals surface area contributed by atoms with E-state index >= 15 is 0 Å². The lowest BCUT2D eigenvalue weighted by Gasteiger charge is -2.20. The Morgan fingerprint density at radius 1 is 1.18 bits per heavy atom. The molecule has 0 saturated carbocycles. The zero-order valence-electron chi connectivity index (χ0n) is 10.6. The number of ketones is 1. The quantitative estimate of drug-likeness (QED) is 0.453. The van der Waals surface area contributed by atoms with E-state index in [0.717, 1.165) is 29.5 Å². The number of allylic oxidation sites excluding steroid dienone is 1. The fraction of sp³-hybridized carbons (Fsp3) is 0.357. The van der Waals surface area contributed by atoms with Crippen molar-refractivity contribution in [3.05, 3.63) is 47.2 Å². The third-order valence-electron chi connectivity index (χ3n) is 2.77. The van der Waals surface area contributed by atoms with Gasteiger partial charge in [-0.05, 0) is 38.0 Å². The van der Waals surface area contributed by atoms with E-state index in [1.165, 1.54) is 0 Å². The van der Waals surface area contributed by atoms with Crippen molar-refractivity contribution in [3.8, 4) is 0 Å². The lowest BCUT2D eigenvalue weighted by Crippen LogP contribution is -2.23. The van der Waals surface area contributed by atoms with E-state index in [9.17, 15) is 4.79 Å². The van der Waals surface area contributed by atoms with Crippen LogP contribution in [0, 0.1) is 0 Å². The molecule has 0 aromatic heterocycles. The van der Waals surface area contributed by atoms with Crippen molar-refractivity contribution < 1.29 is 9.22 Å². The van der Waals surface area contributed by atoms with Crippen LogP contribution in [0.25, 0.3) is 0 Å². The molecule has 17 heavy (non-hydrogen) atoms. The van der Waals surface area contributed by atoms with Gasteiger partial charge in [0, 0.05) is 11.1 Å². The molecule has 0 aliphatic heterocycles. The predicted octanol–water partition coefficient (Wildman–Crippen LogP) is 3.55. The van der Waals surface area contributed by atoms with Crippen molar-refractivity contribution in [1.82, 2.24) is 0 Å². The van der Waals surface area contributed by atoms with Gasteiger partial charge in [0.25, 0.3) is 0 Å². The summed E-state index contributed by atoms with van der Waals surface area (Å²) in [5.41, 5.74) is 2.80. The smallest absolute Gasteiger partial charge is 0.241 e. The van der Waals surface area contributed by atoms with Crippen LogP contribution < -0.4 is 0 Å². The van der Waals surface area contributed by atoms with Crippen LogP contribution >= 0.6 is 0 Å². The monoisotopic (exact) mass is 246 g/mol. The number of hydrogen-bond acceptors (Lipinski definition) is 2. The molecule has 2 rings (SSSR count). The van der Waals surface area contributed by atoms with Gasteiger partial charge in [-0.2, -0.15) is 0 Å². The Morgan fingerprint density at radius 3 is 2.59 bits per heavy atom. The molecular weight excluding hydrogens is 228 g/mol. The van der Waals surface area contributed by atoms with Gasteiger partial charge in [0.2, 0.25) is 8.32 Å². The number of carbonyl (C=O) groups excluding carboxylic acids is 1. The SMILES string of the molecule is C[Si](C)(C)OC=C1CCc2ccccc2C1=O. The van der Waals surface area contributed by atoms with E-state index in [4.69, 9.17) is 4.43 Å². The molecular formula is C14H18O2Si. The molecule has 1 aliphatic rings. The van der Waals surface area contributed by atoms with Gasteiger partial charge in [-0.1, -0.05) is 24.3 Å². The molecule has 0 radical (unpaired) electrons. The highest BCUT2D eigenvalue weighted by atomic mass is 28.4. The summed E-state index contributed by atoms with van der Waals surface area (Å²) in [7, 11) is -1.59. The molecule has 0 N–H and O–H groups in total. The second kappa shape index (κ2) is 4.49. The molecule has 0 amide bonds. The standard InChI is InChI=1S/C14H18O2Si/c1-17(2,3)16-10-12-9-8-11-6-4-5-7-13(11)14(12)15/h4-7,10H,8-9H2,1-3H3. The number of rotatable bonds is 2. The van der Waals surface area contributed by atoms with Crippen LogP contribution in [0.1, 0.15) is 22.3 Å². The number of carbonyl (C=O) groups is 1. The Hall–Kier alpha value is -1.35. The molecule has 3 heteroatoms. The molecule has 0 bridgehead atoms. The van der Waals surface area contributed by atoms with Crippen molar-refractivity contribution in [1.29, 1.82) is 0 Å². The maximum absolute atomic E-state index is 12.2. The highest BCUT2D eigenvalue weighted by Crippen LogP contribution is 2.25. The van der Waals surface area contributed by atoms with Gasteiger partial charge >= 0.3 is 0 Å². The lowest BCUT2D eigenvalue weighted by molar-refractivity contribution is 0.102. The van der Waals surface area contributed by atoms with Crippen LogP contribution in [0.2, 0.25) is 19.6 Å². The Morgan fingerprint density at radius 2 is 1.88 bits per heavy atom. The van der Waals surface area contributed by atoms with Crippen molar-refractivity contribution in [2.45, 2.75) is 32.5 Å². The first-order valence-corrected chi connectivity index (χ1v) is 9.38. The van der Waals surface area contributed by atoms with Crippen LogP contribution in [0.3, 0.4) is 0 Å². The fourth-order valence-corrected chi connectivity index (χ4v) is 2.37. The zero-order valence-corrected chi connectivity index (χ0v) is 11.6. The number of hydrogen-bond donors (Lipinski definition) is 0. The van der Waals surface area contributed by atoms with Gasteiger partial charge in [0.15, 0.2) is 5.78 Å². The highest BCUT2D eigenvalue weighted by molar-refractivity contribution is 6.69. The molecule has 0 saturated heterocycles. The summed E-state index contributed by atoms with van der Waals surface area (Å²) in [6, 6.07) is 7.83. The molecule has 0 fully saturated rings. The van der Waals surface area contributed by atoms with Gasteiger partial charge in [-0.3, -0.25) is 4.79 Å². The number of aryl methyl sites for hydroxylation is 1. The maximum Gasteiger partial charge on any atom is 0.241 e. The van der Waals surface area contributed by atoms with Crippen LogP contribution in [0.5, 0.6) is 0 Å². The van der Waals surface area contributed by atoms with Gasteiger partial charge in [-0.25, -0.2) is 0 Å². The third kappa shape index (κ3) is 2.85. The van der Waals surface area contributed by atoms with Crippen LogP contribution in [-0.2, 0) is 10.8 Å². The summed E-state index contributed by atoms with van der Waals surface area (Å²) in [6.45, 7) is 6.35. The van der Waals surface area contributed by atoms with E-state index in [1.807, 2.05) is 24.3 Å². The normalized spacial score (nSPS) is 18.1. The fourth-order valence-electron chi connectivity index (χ4n) is 1.88. The second-order valence-electron chi connectivity index (χ2n) is 5.36. The topological polar surface area (TPSA) is 26.3 Å². The van der Waals surface area contributed by atoms with E-state index in [-0.39, 0.29) is 5.78 Å². The Bertz CT molecular complexity index is 469. The first-order chi connectivity index (χ1) is 7.97. The highest BCUT2D eigenvalue weighted by Gasteiger charge is 2.22. The lowest BCUT2D eigenvalue weighted by atomic mass is 9.88. The molecule has 2 nitrogen and oxygen atoms in total. The minimum atomic E-state index is -1.59. The van der Waals surface area contributed by atoms with Crippen LogP contribution in [0.15, 0.2) is 36.1 Å². The molecule has 0 heterocycles. The van der Waals surface area contributed by atoms with E-state index in [2.05, 4.69) is 19.6 Å². The van der Waals surface area contributed by atoms with Crippen molar-refractivity contribution in [2.24, 2.45) is 0 Å². The number of Topliss-reactive ketones (excluding diaryl/α,β-unsaturated/α-hetero) is 1. The predicted molar refractivity (Wildman–Crippen MR) is 71.6 cm³/mol. The van der Waals surface area contributed by atoms with Crippen molar-refractivity contribution >= 4 is 14.1 Å². The minimum absolute atomic E-state index is 0.130. The summed E-state index contributed by atoms with van der Waals surface area (Å²) in [6.07, 6.45) is 3.42. The summed E-state index contributed by atoms with van der Waals surface area (Å²) in [5, 5.41) is 0. The van der Waals surface area contributed by atoms with E-state index in [0.29, 0.717) is 0 Å². The summed E-state index contributed by atoms with van der Waals surface area (Å²) in [5.74, 6) is 0.130. The summed E-state index contributed by atoms with van der Waals surface area (Å²) >= 11 is 0. The Balaban J connectivity index is 2.23. The summed E-state index contributed by atoms with van der Waals surface area (Å²) in [4.78, 5) is 12.2. The Kier molecular flexibility index (Phi) is 3.20. The summed E-state index contributed by atoms with van der Waals surface area (Å²) < 4.78 is 5.71. The van der Waals surface area contributed by atoms with Crippen molar-refractivity contribution in [3.63, 3.8) is 0 Å². The molecule has 0 spiro atoms. The van der Waals surface area contributed by atoms with Crippen LogP contribution in [-0.4, -0.2) is 14.1 Å². The van der Waals surface area contributed by atoms with Crippen LogP contribution in [0.4, 0.5) is 0 Å². The molecule has 1 aromatic carbocycles.